The van der Waals surface area contributed by atoms with Gasteiger partial charge in [-0.2, -0.15) is 0 Å². The first-order valence-electron chi connectivity index (χ1n) is 5.36. The second kappa shape index (κ2) is 7.71. The lowest BCUT2D eigenvalue weighted by Crippen LogP contribution is -2.07. The highest BCUT2D eigenvalue weighted by molar-refractivity contribution is 9.10. The summed E-state index contributed by atoms with van der Waals surface area (Å²) in [5.74, 6) is 0.936. The predicted octanol–water partition coefficient (Wildman–Crippen LogP) is 3.22. The molecule has 1 rings (SSSR count). The first kappa shape index (κ1) is 12.5. The number of benzene rings is 1. The Kier molecular flexibility index (Phi) is 6.44. The van der Waals surface area contributed by atoms with Gasteiger partial charge in [0, 0.05) is 0 Å². The molecule has 0 bridgehead atoms. The maximum Gasteiger partial charge on any atom is 0.133 e. The van der Waals surface area contributed by atoms with Crippen molar-refractivity contribution in [2.24, 2.45) is 0 Å². The molecule has 0 aromatic heterocycles. The summed E-state index contributed by atoms with van der Waals surface area (Å²) in [6.07, 6.45) is 3.55. The highest BCUT2D eigenvalue weighted by Crippen LogP contribution is 2.23. The lowest BCUT2D eigenvalue weighted by atomic mass is 10.2. The van der Waals surface area contributed by atoms with E-state index in [0.717, 1.165) is 29.8 Å². The molecular weight excluding hydrogens is 254 g/mol. The van der Waals surface area contributed by atoms with Gasteiger partial charge in [0.1, 0.15) is 5.75 Å². The summed E-state index contributed by atoms with van der Waals surface area (Å²) in [4.78, 5) is 0. The van der Waals surface area contributed by atoms with Crippen LogP contribution in [0.4, 0.5) is 0 Å². The van der Waals surface area contributed by atoms with Crippen molar-refractivity contribution in [3.63, 3.8) is 0 Å². The maximum absolute atomic E-state index is 5.65. The van der Waals surface area contributed by atoms with Gasteiger partial charge in [0.2, 0.25) is 0 Å². The third-order valence-electron chi connectivity index (χ3n) is 2.17. The molecule has 84 valence electrons. The standard InChI is InChI=1S/C12H18BrNO/c1-14-9-5-2-6-10-15-12-8-4-3-7-11(12)13/h3-4,7-8,14H,2,5-6,9-10H2,1H3. The van der Waals surface area contributed by atoms with Gasteiger partial charge in [0.15, 0.2) is 0 Å². The number of halogens is 1. The average molecular weight is 272 g/mol. The van der Waals surface area contributed by atoms with Crippen LogP contribution in [0.5, 0.6) is 5.75 Å². The Morgan fingerprint density at radius 1 is 1.20 bits per heavy atom. The van der Waals surface area contributed by atoms with Crippen LogP contribution >= 0.6 is 15.9 Å². The van der Waals surface area contributed by atoms with Crippen LogP contribution in [0, 0.1) is 0 Å². The minimum absolute atomic E-state index is 0.798. The monoisotopic (exact) mass is 271 g/mol. The molecular formula is C12H18BrNO. The van der Waals surface area contributed by atoms with E-state index < -0.39 is 0 Å². The van der Waals surface area contributed by atoms with Gasteiger partial charge in [-0.3, -0.25) is 0 Å². The highest BCUT2D eigenvalue weighted by Gasteiger charge is 1.98. The van der Waals surface area contributed by atoms with Crippen molar-refractivity contribution < 1.29 is 4.74 Å². The van der Waals surface area contributed by atoms with Crippen LogP contribution in [-0.2, 0) is 0 Å². The van der Waals surface area contributed by atoms with E-state index in [1.54, 1.807) is 0 Å². The van der Waals surface area contributed by atoms with E-state index in [1.165, 1.54) is 12.8 Å². The van der Waals surface area contributed by atoms with Gasteiger partial charge in [-0.15, -0.1) is 0 Å². The van der Waals surface area contributed by atoms with Crippen molar-refractivity contribution in [3.8, 4) is 5.75 Å². The van der Waals surface area contributed by atoms with E-state index in [1.807, 2.05) is 31.3 Å². The third-order valence-corrected chi connectivity index (χ3v) is 2.82. The van der Waals surface area contributed by atoms with E-state index >= 15 is 0 Å². The molecule has 3 heteroatoms. The molecule has 0 amide bonds. The first-order valence-corrected chi connectivity index (χ1v) is 6.16. The molecule has 0 spiro atoms. The van der Waals surface area contributed by atoms with Crippen molar-refractivity contribution in [3.05, 3.63) is 28.7 Å². The fraction of sp³-hybridized carbons (Fsp3) is 0.500. The van der Waals surface area contributed by atoms with Crippen molar-refractivity contribution in [2.45, 2.75) is 19.3 Å². The number of nitrogens with one attached hydrogen (secondary N) is 1. The van der Waals surface area contributed by atoms with Crippen LogP contribution in [0.1, 0.15) is 19.3 Å². The molecule has 0 saturated heterocycles. The summed E-state index contributed by atoms with van der Waals surface area (Å²) in [6, 6.07) is 7.96. The van der Waals surface area contributed by atoms with Gasteiger partial charge in [-0.25, -0.2) is 0 Å². The minimum Gasteiger partial charge on any atom is -0.492 e. The van der Waals surface area contributed by atoms with Crippen LogP contribution in [-0.4, -0.2) is 20.2 Å². The van der Waals surface area contributed by atoms with Crippen molar-refractivity contribution in [2.75, 3.05) is 20.2 Å². The molecule has 0 atom stereocenters. The minimum atomic E-state index is 0.798. The Morgan fingerprint density at radius 3 is 2.73 bits per heavy atom. The number of unbranched alkanes of at least 4 members (excludes halogenated alkanes) is 2. The molecule has 0 unspecified atom stereocenters. The van der Waals surface area contributed by atoms with Gasteiger partial charge in [-0.1, -0.05) is 12.1 Å². The number of rotatable bonds is 7. The van der Waals surface area contributed by atoms with Gasteiger partial charge in [0.25, 0.3) is 0 Å². The lowest BCUT2D eigenvalue weighted by molar-refractivity contribution is 0.303. The molecule has 0 heterocycles. The number of hydrogen-bond donors (Lipinski definition) is 1. The van der Waals surface area contributed by atoms with Crippen LogP contribution in [0.25, 0.3) is 0 Å². The fourth-order valence-corrected chi connectivity index (χ4v) is 1.72. The molecule has 2 nitrogen and oxygen atoms in total. The highest BCUT2D eigenvalue weighted by atomic mass is 79.9. The molecule has 0 fully saturated rings. The second-order valence-electron chi connectivity index (χ2n) is 3.44. The van der Waals surface area contributed by atoms with Gasteiger partial charge < -0.3 is 10.1 Å². The van der Waals surface area contributed by atoms with E-state index in [2.05, 4.69) is 21.2 Å². The molecule has 0 saturated carbocycles. The van der Waals surface area contributed by atoms with E-state index in [0.29, 0.717) is 0 Å². The SMILES string of the molecule is CNCCCCCOc1ccccc1Br. The van der Waals surface area contributed by atoms with Gasteiger partial charge in [0.05, 0.1) is 11.1 Å². The summed E-state index contributed by atoms with van der Waals surface area (Å²) in [7, 11) is 1.98. The van der Waals surface area contributed by atoms with Gasteiger partial charge in [-0.05, 0) is 60.9 Å². The van der Waals surface area contributed by atoms with Crippen LogP contribution in [0.2, 0.25) is 0 Å². The number of ether oxygens (including phenoxy) is 1. The van der Waals surface area contributed by atoms with Crippen molar-refractivity contribution in [1.29, 1.82) is 0 Å². The largest absolute Gasteiger partial charge is 0.492 e. The number of para-hydroxylation sites is 1. The Morgan fingerprint density at radius 2 is 2.00 bits per heavy atom. The zero-order chi connectivity index (χ0) is 10.9. The molecule has 0 aliphatic rings. The Bertz CT molecular complexity index is 278. The van der Waals surface area contributed by atoms with E-state index in [9.17, 15) is 0 Å². The molecule has 0 aliphatic carbocycles. The summed E-state index contributed by atoms with van der Waals surface area (Å²) < 4.78 is 6.68. The topological polar surface area (TPSA) is 21.3 Å². The van der Waals surface area contributed by atoms with Crippen molar-refractivity contribution in [1.82, 2.24) is 5.32 Å². The summed E-state index contributed by atoms with van der Waals surface area (Å²) in [5.41, 5.74) is 0. The molecule has 1 aromatic carbocycles. The van der Waals surface area contributed by atoms with Crippen LogP contribution in [0.15, 0.2) is 28.7 Å². The van der Waals surface area contributed by atoms with Crippen LogP contribution in [0.3, 0.4) is 0 Å². The fourth-order valence-electron chi connectivity index (χ4n) is 1.32. The quantitative estimate of drug-likeness (QED) is 0.769. The van der Waals surface area contributed by atoms with E-state index in [4.69, 9.17) is 4.74 Å². The Labute approximate surface area is 100 Å². The summed E-state index contributed by atoms with van der Waals surface area (Å²) >= 11 is 3.46. The van der Waals surface area contributed by atoms with Gasteiger partial charge >= 0.3 is 0 Å². The average Bonchev–Trinajstić information content (AvgIpc) is 2.25. The zero-order valence-electron chi connectivity index (χ0n) is 9.13. The first-order chi connectivity index (χ1) is 7.34. The normalized spacial score (nSPS) is 10.3. The number of hydrogen-bond acceptors (Lipinski definition) is 2. The smallest absolute Gasteiger partial charge is 0.133 e. The molecule has 0 aliphatic heterocycles. The molecule has 0 radical (unpaired) electrons. The molecule has 15 heavy (non-hydrogen) atoms. The van der Waals surface area contributed by atoms with Crippen molar-refractivity contribution >= 4 is 15.9 Å². The Balaban J connectivity index is 2.12. The Hall–Kier alpha value is -0.540. The lowest BCUT2D eigenvalue weighted by Gasteiger charge is -2.07. The van der Waals surface area contributed by atoms with Crippen LogP contribution < -0.4 is 10.1 Å². The zero-order valence-corrected chi connectivity index (χ0v) is 10.7. The predicted molar refractivity (Wildman–Crippen MR) is 67.4 cm³/mol. The maximum atomic E-state index is 5.65. The van der Waals surface area contributed by atoms with E-state index in [-0.39, 0.29) is 0 Å². The summed E-state index contributed by atoms with van der Waals surface area (Å²) in [5, 5.41) is 3.14. The second-order valence-corrected chi connectivity index (χ2v) is 4.30. The molecule has 1 aromatic rings. The molecule has 1 N–H and O–H groups in total. The summed E-state index contributed by atoms with van der Waals surface area (Å²) in [6.45, 7) is 1.89. The third kappa shape index (κ3) is 5.19.